The van der Waals surface area contributed by atoms with Crippen LogP contribution in [0.1, 0.15) is 12.0 Å². The van der Waals surface area contributed by atoms with Gasteiger partial charge in [0, 0.05) is 5.56 Å². The fraction of sp³-hybridized carbons (Fsp3) is 0.0588. The van der Waals surface area contributed by atoms with Crippen molar-refractivity contribution < 1.29 is 0 Å². The van der Waals surface area contributed by atoms with Crippen molar-refractivity contribution in [3.05, 3.63) is 72.0 Å². The van der Waals surface area contributed by atoms with Gasteiger partial charge >= 0.3 is 0 Å². The molecule has 2 nitrogen and oxygen atoms in total. The van der Waals surface area contributed by atoms with Gasteiger partial charge in [0.25, 0.3) is 0 Å². The van der Waals surface area contributed by atoms with Crippen molar-refractivity contribution in [2.24, 2.45) is 9.98 Å². The summed E-state index contributed by atoms with van der Waals surface area (Å²) in [6, 6.07) is 14.6. The molecule has 2 aromatic carbocycles. The molecule has 0 spiro atoms. The van der Waals surface area contributed by atoms with Gasteiger partial charge in [0.05, 0.1) is 11.4 Å². The lowest BCUT2D eigenvalue weighted by Gasteiger charge is -2.03. The molecule has 0 amide bonds. The van der Waals surface area contributed by atoms with Gasteiger partial charge in [0.15, 0.2) is 5.84 Å². The van der Waals surface area contributed by atoms with E-state index in [1.807, 2.05) is 0 Å². The molecule has 90 valence electrons. The van der Waals surface area contributed by atoms with Gasteiger partial charge in [0.1, 0.15) is 0 Å². The second-order valence-corrected chi connectivity index (χ2v) is 4.69. The Morgan fingerprint density at radius 1 is 0.895 bits per heavy atom. The molecule has 0 saturated carbocycles. The van der Waals surface area contributed by atoms with E-state index in [2.05, 4.69) is 70.7 Å². The average Bonchev–Trinajstić information content (AvgIpc) is 2.90. The molecule has 0 unspecified atom stereocenters. The fourth-order valence-corrected chi connectivity index (χ4v) is 2.54. The molecule has 1 aliphatic carbocycles. The predicted molar refractivity (Wildman–Crippen MR) is 79.8 cm³/mol. The fourth-order valence-electron chi connectivity index (χ4n) is 2.54. The minimum absolute atomic E-state index is 0.824. The lowest BCUT2D eigenvalue weighted by Crippen LogP contribution is -1.97. The van der Waals surface area contributed by atoms with Crippen molar-refractivity contribution in [2.75, 3.05) is 0 Å². The third-order valence-electron chi connectivity index (χ3n) is 3.47. The summed E-state index contributed by atoms with van der Waals surface area (Å²) in [5.74, 6) is 0.824. The van der Waals surface area contributed by atoms with Gasteiger partial charge < -0.3 is 0 Å². The van der Waals surface area contributed by atoms with Gasteiger partial charge in [-0.1, -0.05) is 54.6 Å². The van der Waals surface area contributed by atoms with Crippen LogP contribution in [0.15, 0.2) is 76.4 Å². The van der Waals surface area contributed by atoms with Crippen LogP contribution in [0.25, 0.3) is 10.8 Å². The maximum Gasteiger partial charge on any atom is 0.161 e. The number of hydrogen-bond acceptors (Lipinski definition) is 2. The maximum atomic E-state index is 4.65. The van der Waals surface area contributed by atoms with Gasteiger partial charge in [-0.15, -0.1) is 0 Å². The van der Waals surface area contributed by atoms with Gasteiger partial charge in [-0.05, 0) is 23.3 Å². The van der Waals surface area contributed by atoms with E-state index < -0.39 is 0 Å². The first-order valence-electron chi connectivity index (χ1n) is 6.44. The van der Waals surface area contributed by atoms with Crippen LogP contribution in [-0.2, 0) is 0 Å². The number of allylic oxidation sites excluding steroid dienone is 3. The summed E-state index contributed by atoms with van der Waals surface area (Å²) in [5.41, 5.74) is 3.09. The second-order valence-electron chi connectivity index (χ2n) is 4.69. The van der Waals surface area contributed by atoms with E-state index in [9.17, 15) is 0 Å². The Bertz CT molecular complexity index is 787. The number of hydrogen-bond donors (Lipinski definition) is 0. The molecule has 4 rings (SSSR count). The molecule has 2 heteroatoms. The molecule has 0 fully saturated rings. The van der Waals surface area contributed by atoms with Gasteiger partial charge in [-0.2, -0.15) is 0 Å². The number of fused-ring (bicyclic) bond motifs is 2. The van der Waals surface area contributed by atoms with Crippen molar-refractivity contribution in [3.8, 4) is 0 Å². The molecule has 19 heavy (non-hydrogen) atoms. The Balaban J connectivity index is 1.93. The highest BCUT2D eigenvalue weighted by Gasteiger charge is 2.18. The highest BCUT2D eigenvalue weighted by atomic mass is 15.0. The average molecular weight is 244 g/mol. The Hall–Kier alpha value is -2.48. The summed E-state index contributed by atoms with van der Waals surface area (Å²) in [6.45, 7) is 0. The van der Waals surface area contributed by atoms with Crippen molar-refractivity contribution in [3.63, 3.8) is 0 Å². The highest BCUT2D eigenvalue weighted by molar-refractivity contribution is 6.24. The minimum Gasteiger partial charge on any atom is -0.227 e. The zero-order valence-electron chi connectivity index (χ0n) is 10.4. The standard InChI is InChI=1S/C17H12N2/c1-2-8-13-12(6-1)7-5-9-14(13)17-18-15-10-3-4-11-16(15)19-17/h1-3,5-11H,4H2. The van der Waals surface area contributed by atoms with E-state index in [0.717, 1.165) is 29.2 Å². The summed E-state index contributed by atoms with van der Waals surface area (Å²) in [4.78, 5) is 9.30. The van der Waals surface area contributed by atoms with E-state index in [1.165, 1.54) is 10.8 Å². The first-order valence-corrected chi connectivity index (χ1v) is 6.44. The van der Waals surface area contributed by atoms with Gasteiger partial charge in [0.2, 0.25) is 0 Å². The monoisotopic (exact) mass is 244 g/mol. The van der Waals surface area contributed by atoms with Crippen LogP contribution < -0.4 is 0 Å². The summed E-state index contributed by atoms with van der Waals surface area (Å²) in [5, 5.41) is 2.43. The molecule has 0 bridgehead atoms. The second kappa shape index (κ2) is 4.02. The lowest BCUT2D eigenvalue weighted by atomic mass is 10.0. The summed E-state index contributed by atoms with van der Waals surface area (Å²) in [7, 11) is 0. The third kappa shape index (κ3) is 1.65. The van der Waals surface area contributed by atoms with Crippen molar-refractivity contribution in [1.82, 2.24) is 0 Å². The SMILES string of the molecule is C1=CC2=NC(c3cccc4ccccc34)=NC2=CC1. The smallest absolute Gasteiger partial charge is 0.161 e. The number of aliphatic imine (C=N–C) groups is 2. The molecule has 1 aliphatic heterocycles. The Morgan fingerprint density at radius 2 is 1.79 bits per heavy atom. The largest absolute Gasteiger partial charge is 0.227 e. The molecular weight excluding hydrogens is 232 g/mol. The molecule has 0 saturated heterocycles. The van der Waals surface area contributed by atoms with Crippen LogP contribution in [0.4, 0.5) is 0 Å². The van der Waals surface area contributed by atoms with E-state index >= 15 is 0 Å². The Labute approximate surface area is 111 Å². The zero-order chi connectivity index (χ0) is 12.7. The van der Waals surface area contributed by atoms with E-state index in [4.69, 9.17) is 0 Å². The third-order valence-corrected chi connectivity index (χ3v) is 3.47. The molecule has 0 radical (unpaired) electrons. The van der Waals surface area contributed by atoms with Gasteiger partial charge in [-0.3, -0.25) is 0 Å². The van der Waals surface area contributed by atoms with Crippen LogP contribution in [-0.4, -0.2) is 11.5 Å². The molecule has 0 N–H and O–H groups in total. The quantitative estimate of drug-likeness (QED) is 0.727. The summed E-state index contributed by atoms with van der Waals surface area (Å²) in [6.07, 6.45) is 7.23. The van der Waals surface area contributed by atoms with Crippen molar-refractivity contribution in [1.29, 1.82) is 0 Å². The van der Waals surface area contributed by atoms with E-state index in [-0.39, 0.29) is 0 Å². The lowest BCUT2D eigenvalue weighted by molar-refractivity contribution is 1.31. The molecule has 0 atom stereocenters. The van der Waals surface area contributed by atoms with Crippen molar-refractivity contribution in [2.45, 2.75) is 6.42 Å². The number of rotatable bonds is 1. The molecule has 1 heterocycles. The molecule has 2 aliphatic rings. The van der Waals surface area contributed by atoms with Crippen LogP contribution in [0.2, 0.25) is 0 Å². The van der Waals surface area contributed by atoms with Crippen molar-refractivity contribution >= 4 is 22.3 Å². The minimum atomic E-state index is 0.824. The number of benzene rings is 2. The number of amidine groups is 1. The van der Waals surface area contributed by atoms with E-state index in [1.54, 1.807) is 0 Å². The Morgan fingerprint density at radius 3 is 2.74 bits per heavy atom. The predicted octanol–water partition coefficient (Wildman–Crippen LogP) is 3.88. The topological polar surface area (TPSA) is 24.7 Å². The number of nitrogens with zero attached hydrogens (tertiary/aromatic N) is 2. The van der Waals surface area contributed by atoms with E-state index in [0.29, 0.717) is 0 Å². The summed E-state index contributed by atoms with van der Waals surface area (Å²) < 4.78 is 0. The molecule has 0 aromatic heterocycles. The van der Waals surface area contributed by atoms with Gasteiger partial charge in [-0.25, -0.2) is 9.98 Å². The summed E-state index contributed by atoms with van der Waals surface area (Å²) >= 11 is 0. The first-order chi connectivity index (χ1) is 9.42. The molecular formula is C17H12N2. The normalized spacial score (nSPS) is 16.9. The van der Waals surface area contributed by atoms with Crippen LogP contribution in [0, 0.1) is 0 Å². The first kappa shape index (κ1) is 10.4. The van der Waals surface area contributed by atoms with Crippen LogP contribution >= 0.6 is 0 Å². The maximum absolute atomic E-state index is 4.65. The van der Waals surface area contributed by atoms with Crippen LogP contribution in [0.3, 0.4) is 0 Å². The highest BCUT2D eigenvalue weighted by Crippen LogP contribution is 2.25. The molecule has 2 aromatic rings. The zero-order valence-corrected chi connectivity index (χ0v) is 10.4. The Kier molecular flexibility index (Phi) is 2.21. The van der Waals surface area contributed by atoms with Crippen LogP contribution in [0.5, 0.6) is 0 Å².